The van der Waals surface area contributed by atoms with Gasteiger partial charge in [-0.2, -0.15) is 0 Å². The lowest BCUT2D eigenvalue weighted by Gasteiger charge is -2.20. The van der Waals surface area contributed by atoms with Crippen molar-refractivity contribution in [2.75, 3.05) is 30.3 Å². The number of hydrogen-bond donors (Lipinski definition) is 2. The summed E-state index contributed by atoms with van der Waals surface area (Å²) < 4.78 is 0. The van der Waals surface area contributed by atoms with Crippen molar-refractivity contribution in [1.82, 2.24) is 4.90 Å². The molecule has 8 heteroatoms. The summed E-state index contributed by atoms with van der Waals surface area (Å²) in [6.45, 7) is 1.55. The van der Waals surface area contributed by atoms with E-state index in [0.717, 1.165) is 38.8 Å². The second-order valence-corrected chi connectivity index (χ2v) is 8.16. The van der Waals surface area contributed by atoms with Crippen LogP contribution in [0.5, 0.6) is 0 Å². The Morgan fingerprint density at radius 2 is 1.59 bits per heavy atom. The van der Waals surface area contributed by atoms with Crippen LogP contribution >= 0.6 is 34.8 Å². The summed E-state index contributed by atoms with van der Waals surface area (Å²) in [5.41, 5.74) is 1.66. The maximum absolute atomic E-state index is 12.8. The summed E-state index contributed by atoms with van der Waals surface area (Å²) in [5, 5.41) is 6.79. The van der Waals surface area contributed by atoms with E-state index < -0.39 is 0 Å². The van der Waals surface area contributed by atoms with E-state index in [1.165, 1.54) is 6.07 Å². The van der Waals surface area contributed by atoms with Crippen LogP contribution in [-0.2, 0) is 4.79 Å². The third-order valence-electron chi connectivity index (χ3n) is 4.74. The zero-order valence-corrected chi connectivity index (χ0v) is 18.1. The number of nitrogens with one attached hydrogen (secondary N) is 2. The van der Waals surface area contributed by atoms with Gasteiger partial charge in [0, 0.05) is 24.3 Å². The Hall–Kier alpha value is -1.95. The van der Waals surface area contributed by atoms with Crippen LogP contribution in [0.2, 0.25) is 15.1 Å². The van der Waals surface area contributed by atoms with Crippen molar-refractivity contribution in [2.24, 2.45) is 0 Å². The van der Waals surface area contributed by atoms with E-state index in [-0.39, 0.29) is 18.4 Å². The van der Waals surface area contributed by atoms with Gasteiger partial charge in [0.1, 0.15) is 0 Å². The molecule has 2 amide bonds. The van der Waals surface area contributed by atoms with Crippen LogP contribution in [0, 0.1) is 0 Å². The molecule has 1 saturated heterocycles. The zero-order valence-electron chi connectivity index (χ0n) is 15.8. The number of nitrogens with zero attached hydrogens (tertiary/aromatic N) is 1. The Labute approximate surface area is 185 Å². The van der Waals surface area contributed by atoms with Crippen LogP contribution in [0.3, 0.4) is 0 Å². The van der Waals surface area contributed by atoms with Gasteiger partial charge in [0.25, 0.3) is 5.91 Å². The van der Waals surface area contributed by atoms with Crippen LogP contribution in [0.25, 0.3) is 0 Å². The minimum atomic E-state index is -0.272. The number of halogens is 3. The second-order valence-electron chi connectivity index (χ2n) is 6.94. The van der Waals surface area contributed by atoms with E-state index in [1.54, 1.807) is 30.3 Å². The summed E-state index contributed by atoms with van der Waals surface area (Å²) in [4.78, 5) is 27.0. The van der Waals surface area contributed by atoms with Gasteiger partial charge in [0.15, 0.2) is 0 Å². The number of carbonyl (C=O) groups excluding carboxylic acids is 2. The van der Waals surface area contributed by atoms with Crippen molar-refractivity contribution in [1.29, 1.82) is 0 Å². The van der Waals surface area contributed by atoms with Gasteiger partial charge in [-0.25, -0.2) is 0 Å². The molecule has 2 N–H and O–H groups in total. The molecule has 0 aromatic heterocycles. The molecule has 2 aromatic carbocycles. The smallest absolute Gasteiger partial charge is 0.253 e. The monoisotopic (exact) mass is 453 g/mol. The Balaban J connectivity index is 1.60. The lowest BCUT2D eigenvalue weighted by Crippen LogP contribution is -2.31. The summed E-state index contributed by atoms with van der Waals surface area (Å²) in [7, 11) is 0. The van der Waals surface area contributed by atoms with Gasteiger partial charge in [-0.15, -0.1) is 0 Å². The molecule has 2 aromatic rings. The third-order valence-corrected chi connectivity index (χ3v) is 5.77. The highest BCUT2D eigenvalue weighted by Crippen LogP contribution is 2.32. The SMILES string of the molecule is O=C(CNc1cc(Cl)c(Cl)cc1Cl)Nc1cccc(C(=O)N2CCCCCC2)c1. The van der Waals surface area contributed by atoms with E-state index >= 15 is 0 Å². The summed E-state index contributed by atoms with van der Waals surface area (Å²) in [6, 6.07) is 10.1. The van der Waals surface area contributed by atoms with Gasteiger partial charge in [0.05, 0.1) is 27.3 Å². The highest BCUT2D eigenvalue weighted by Gasteiger charge is 2.17. The fourth-order valence-corrected chi connectivity index (χ4v) is 3.84. The average molecular weight is 455 g/mol. The van der Waals surface area contributed by atoms with E-state index in [4.69, 9.17) is 34.8 Å². The molecule has 0 radical (unpaired) electrons. The lowest BCUT2D eigenvalue weighted by atomic mass is 10.1. The van der Waals surface area contributed by atoms with E-state index in [1.807, 2.05) is 4.90 Å². The number of anilines is 2. The number of rotatable bonds is 5. The largest absolute Gasteiger partial charge is 0.375 e. The average Bonchev–Trinajstić information content (AvgIpc) is 2.99. The molecular formula is C21H22Cl3N3O2. The quantitative estimate of drug-likeness (QED) is 0.569. The Bertz CT molecular complexity index is 897. The molecule has 0 atom stereocenters. The van der Waals surface area contributed by atoms with Gasteiger partial charge in [-0.05, 0) is 43.2 Å². The zero-order chi connectivity index (χ0) is 20.8. The Kier molecular flexibility index (Phi) is 7.64. The number of likely N-dealkylation sites (tertiary alicyclic amines) is 1. The van der Waals surface area contributed by atoms with E-state index in [0.29, 0.717) is 32.0 Å². The first kappa shape index (κ1) is 21.8. The predicted molar refractivity (Wildman–Crippen MR) is 119 cm³/mol. The van der Waals surface area contributed by atoms with Crippen LogP contribution in [0.4, 0.5) is 11.4 Å². The van der Waals surface area contributed by atoms with Crippen molar-refractivity contribution in [3.8, 4) is 0 Å². The normalized spacial score (nSPS) is 14.2. The van der Waals surface area contributed by atoms with Gasteiger partial charge in [0.2, 0.25) is 5.91 Å². The Morgan fingerprint density at radius 1 is 0.897 bits per heavy atom. The minimum Gasteiger partial charge on any atom is -0.375 e. The second kappa shape index (κ2) is 10.2. The van der Waals surface area contributed by atoms with E-state index in [2.05, 4.69) is 10.6 Å². The first-order valence-electron chi connectivity index (χ1n) is 9.51. The molecule has 154 valence electrons. The number of benzene rings is 2. The van der Waals surface area contributed by atoms with Crippen molar-refractivity contribution in [3.63, 3.8) is 0 Å². The molecule has 3 rings (SSSR count). The molecule has 1 aliphatic rings. The minimum absolute atomic E-state index is 0.00344. The molecule has 0 aliphatic carbocycles. The molecule has 1 aliphatic heterocycles. The Morgan fingerprint density at radius 3 is 2.31 bits per heavy atom. The van der Waals surface area contributed by atoms with Gasteiger partial charge < -0.3 is 15.5 Å². The molecular weight excluding hydrogens is 433 g/mol. The van der Waals surface area contributed by atoms with Gasteiger partial charge in [-0.1, -0.05) is 53.7 Å². The molecule has 1 heterocycles. The molecule has 0 saturated carbocycles. The van der Waals surface area contributed by atoms with Crippen LogP contribution in [-0.4, -0.2) is 36.3 Å². The van der Waals surface area contributed by atoms with Gasteiger partial charge in [-0.3, -0.25) is 9.59 Å². The van der Waals surface area contributed by atoms with Crippen molar-refractivity contribution in [3.05, 3.63) is 57.0 Å². The number of amides is 2. The highest BCUT2D eigenvalue weighted by atomic mass is 35.5. The molecule has 0 spiro atoms. The maximum Gasteiger partial charge on any atom is 0.253 e. The molecule has 5 nitrogen and oxygen atoms in total. The lowest BCUT2D eigenvalue weighted by molar-refractivity contribution is -0.114. The van der Waals surface area contributed by atoms with Crippen LogP contribution in [0.15, 0.2) is 36.4 Å². The molecule has 1 fully saturated rings. The third kappa shape index (κ3) is 6.01. The van der Waals surface area contributed by atoms with Crippen molar-refractivity contribution >= 4 is 58.0 Å². The highest BCUT2D eigenvalue weighted by molar-refractivity contribution is 6.44. The standard InChI is InChI=1S/C21H22Cl3N3O2/c22-16-11-18(24)19(12-17(16)23)25-13-20(28)26-15-7-5-6-14(10-15)21(29)27-8-3-1-2-4-9-27/h5-7,10-12,25H,1-4,8-9,13H2,(H,26,28). The fourth-order valence-electron chi connectivity index (χ4n) is 3.23. The predicted octanol–water partition coefficient (Wildman–Crippen LogP) is 5.71. The van der Waals surface area contributed by atoms with E-state index in [9.17, 15) is 9.59 Å². The summed E-state index contributed by atoms with van der Waals surface area (Å²) in [6.07, 6.45) is 4.39. The first-order chi connectivity index (χ1) is 13.9. The van der Waals surface area contributed by atoms with Crippen molar-refractivity contribution in [2.45, 2.75) is 25.7 Å². The topological polar surface area (TPSA) is 61.4 Å². The van der Waals surface area contributed by atoms with Crippen LogP contribution in [0.1, 0.15) is 36.0 Å². The van der Waals surface area contributed by atoms with Gasteiger partial charge >= 0.3 is 0 Å². The number of carbonyl (C=O) groups is 2. The summed E-state index contributed by atoms with van der Waals surface area (Å²) >= 11 is 18.0. The van der Waals surface area contributed by atoms with Crippen LogP contribution < -0.4 is 10.6 Å². The number of hydrogen-bond acceptors (Lipinski definition) is 3. The molecule has 29 heavy (non-hydrogen) atoms. The molecule has 0 bridgehead atoms. The summed E-state index contributed by atoms with van der Waals surface area (Å²) in [5.74, 6) is -0.268. The first-order valence-corrected chi connectivity index (χ1v) is 10.6. The maximum atomic E-state index is 12.8. The fraction of sp³-hybridized carbons (Fsp3) is 0.333. The van der Waals surface area contributed by atoms with Crippen molar-refractivity contribution < 1.29 is 9.59 Å². The molecule has 0 unspecified atom stereocenters.